The lowest BCUT2D eigenvalue weighted by Gasteiger charge is -1.95. The van der Waals surface area contributed by atoms with Crippen LogP contribution in [0.3, 0.4) is 0 Å². The van der Waals surface area contributed by atoms with E-state index >= 15 is 0 Å². The molecule has 1 heterocycles. The van der Waals surface area contributed by atoms with Gasteiger partial charge in [-0.05, 0) is 24.6 Å². The first-order valence-electron chi connectivity index (χ1n) is 3.48. The van der Waals surface area contributed by atoms with Gasteiger partial charge in [0.2, 0.25) is 0 Å². The summed E-state index contributed by atoms with van der Waals surface area (Å²) in [6.07, 6.45) is 5.60. The van der Waals surface area contributed by atoms with Crippen LogP contribution < -0.4 is 0 Å². The molecule has 1 nitrogen and oxygen atoms in total. The average molecular weight is 204 g/mol. The van der Waals surface area contributed by atoms with E-state index in [1.165, 1.54) is 5.56 Å². The molecule has 12 heavy (non-hydrogen) atoms. The van der Waals surface area contributed by atoms with Crippen LogP contribution in [0.25, 0.3) is 6.08 Å². The predicted molar refractivity (Wildman–Crippen MR) is 56.0 cm³/mol. The van der Waals surface area contributed by atoms with Crippen molar-refractivity contribution < 1.29 is 0 Å². The zero-order valence-electron chi connectivity index (χ0n) is 6.83. The van der Waals surface area contributed by atoms with Gasteiger partial charge in [-0.15, -0.1) is 24.0 Å². The molecule has 0 saturated heterocycles. The highest BCUT2D eigenvalue weighted by Crippen LogP contribution is 2.04. The van der Waals surface area contributed by atoms with Crippen LogP contribution in [0.4, 0.5) is 0 Å². The molecule has 0 N–H and O–H groups in total. The van der Waals surface area contributed by atoms with E-state index in [1.807, 2.05) is 31.2 Å². The lowest BCUT2D eigenvalue weighted by atomic mass is 10.2. The Bertz CT molecular complexity index is 258. The second kappa shape index (κ2) is 6.04. The SMILES string of the molecule is Cc1cccnc1/C=C/CCl.Cl. The molecule has 0 aromatic carbocycles. The first kappa shape index (κ1) is 11.5. The molecule has 0 aliphatic rings. The number of hydrogen-bond acceptors (Lipinski definition) is 1. The molecule has 0 aliphatic carbocycles. The van der Waals surface area contributed by atoms with E-state index in [1.54, 1.807) is 6.20 Å². The van der Waals surface area contributed by atoms with Crippen LogP contribution >= 0.6 is 24.0 Å². The van der Waals surface area contributed by atoms with Crippen molar-refractivity contribution in [1.29, 1.82) is 0 Å². The van der Waals surface area contributed by atoms with Crippen LogP contribution in [0.1, 0.15) is 11.3 Å². The number of rotatable bonds is 2. The number of nitrogens with zero attached hydrogens (tertiary/aromatic N) is 1. The molecule has 1 aromatic heterocycles. The molecule has 0 bridgehead atoms. The number of aromatic nitrogens is 1. The summed E-state index contributed by atoms with van der Waals surface area (Å²) in [5, 5.41) is 0. The Labute approximate surface area is 83.9 Å². The molecule has 3 heteroatoms. The Morgan fingerprint density at radius 1 is 1.58 bits per heavy atom. The number of hydrogen-bond donors (Lipinski definition) is 0. The highest BCUT2D eigenvalue weighted by Gasteiger charge is 1.90. The highest BCUT2D eigenvalue weighted by atomic mass is 35.5. The molecule has 1 rings (SSSR count). The summed E-state index contributed by atoms with van der Waals surface area (Å²) in [7, 11) is 0. The molecule has 0 amide bonds. The van der Waals surface area contributed by atoms with Gasteiger partial charge in [0, 0.05) is 12.1 Å². The van der Waals surface area contributed by atoms with E-state index in [-0.39, 0.29) is 12.4 Å². The van der Waals surface area contributed by atoms with Crippen molar-refractivity contribution in [2.75, 3.05) is 5.88 Å². The maximum atomic E-state index is 5.49. The summed E-state index contributed by atoms with van der Waals surface area (Å²) in [4.78, 5) is 4.17. The smallest absolute Gasteiger partial charge is 0.0656 e. The Morgan fingerprint density at radius 3 is 2.92 bits per heavy atom. The van der Waals surface area contributed by atoms with Crippen molar-refractivity contribution in [2.24, 2.45) is 0 Å². The fourth-order valence-electron chi connectivity index (χ4n) is 0.829. The fraction of sp³-hybridized carbons (Fsp3) is 0.222. The van der Waals surface area contributed by atoms with Gasteiger partial charge in [0.25, 0.3) is 0 Å². The Balaban J connectivity index is 0.00000121. The minimum Gasteiger partial charge on any atom is -0.257 e. The first-order chi connectivity index (χ1) is 5.34. The Hall–Kier alpha value is -0.530. The second-order valence-corrected chi connectivity index (χ2v) is 2.57. The van der Waals surface area contributed by atoms with Gasteiger partial charge >= 0.3 is 0 Å². The van der Waals surface area contributed by atoms with Gasteiger partial charge in [0.15, 0.2) is 0 Å². The quantitative estimate of drug-likeness (QED) is 0.674. The molecular formula is C9H11Cl2N. The van der Waals surface area contributed by atoms with Gasteiger partial charge in [-0.3, -0.25) is 4.98 Å². The molecule has 0 spiro atoms. The molecule has 0 radical (unpaired) electrons. The van der Waals surface area contributed by atoms with Crippen LogP contribution in [-0.2, 0) is 0 Å². The van der Waals surface area contributed by atoms with Gasteiger partial charge in [-0.25, -0.2) is 0 Å². The maximum absolute atomic E-state index is 5.49. The lowest BCUT2D eigenvalue weighted by molar-refractivity contribution is 1.24. The molecule has 66 valence electrons. The van der Waals surface area contributed by atoms with E-state index in [9.17, 15) is 0 Å². The number of allylic oxidation sites excluding steroid dienone is 1. The van der Waals surface area contributed by atoms with E-state index < -0.39 is 0 Å². The van der Waals surface area contributed by atoms with Crippen molar-refractivity contribution in [2.45, 2.75) is 6.92 Å². The van der Waals surface area contributed by atoms with Crippen LogP contribution in [0, 0.1) is 6.92 Å². The third-order valence-corrected chi connectivity index (χ3v) is 1.59. The highest BCUT2D eigenvalue weighted by molar-refractivity contribution is 6.19. The summed E-state index contributed by atoms with van der Waals surface area (Å²) in [6.45, 7) is 2.03. The van der Waals surface area contributed by atoms with Crippen molar-refractivity contribution in [3.8, 4) is 0 Å². The summed E-state index contributed by atoms with van der Waals surface area (Å²) in [5.74, 6) is 0.538. The normalized spacial score (nSPS) is 9.83. The Morgan fingerprint density at radius 2 is 2.33 bits per heavy atom. The largest absolute Gasteiger partial charge is 0.257 e. The number of halogens is 2. The van der Waals surface area contributed by atoms with Crippen LogP contribution in [-0.4, -0.2) is 10.9 Å². The molecule has 1 aromatic rings. The summed E-state index contributed by atoms with van der Waals surface area (Å²) in [6, 6.07) is 3.95. The van der Waals surface area contributed by atoms with Crippen molar-refractivity contribution in [3.05, 3.63) is 35.7 Å². The summed E-state index contributed by atoms with van der Waals surface area (Å²) in [5.41, 5.74) is 2.17. The molecule has 0 aliphatic heterocycles. The van der Waals surface area contributed by atoms with Gasteiger partial charge in [-0.1, -0.05) is 12.1 Å². The van der Waals surface area contributed by atoms with Crippen molar-refractivity contribution in [1.82, 2.24) is 4.98 Å². The van der Waals surface area contributed by atoms with Crippen LogP contribution in [0.5, 0.6) is 0 Å². The minimum absolute atomic E-state index is 0. The van der Waals surface area contributed by atoms with Crippen LogP contribution in [0.2, 0.25) is 0 Å². The third kappa shape index (κ3) is 3.24. The minimum atomic E-state index is 0. The number of alkyl halides is 1. The lowest BCUT2D eigenvalue weighted by Crippen LogP contribution is -1.83. The van der Waals surface area contributed by atoms with Gasteiger partial charge in [-0.2, -0.15) is 0 Å². The Kier molecular flexibility index (Phi) is 5.77. The van der Waals surface area contributed by atoms with Crippen molar-refractivity contribution in [3.63, 3.8) is 0 Å². The van der Waals surface area contributed by atoms with Gasteiger partial charge < -0.3 is 0 Å². The topological polar surface area (TPSA) is 12.9 Å². The zero-order valence-corrected chi connectivity index (χ0v) is 8.40. The van der Waals surface area contributed by atoms with E-state index in [0.717, 1.165) is 5.69 Å². The van der Waals surface area contributed by atoms with Crippen LogP contribution in [0.15, 0.2) is 24.4 Å². The van der Waals surface area contributed by atoms with Gasteiger partial charge in [0.05, 0.1) is 5.69 Å². The fourth-order valence-corrected chi connectivity index (χ4v) is 0.918. The standard InChI is InChI=1S/C9H10ClN.ClH/c1-8-4-3-7-11-9(8)5-2-6-10;/h2-5,7H,6H2,1H3;1H/b5-2+;. The van der Waals surface area contributed by atoms with Crippen molar-refractivity contribution >= 4 is 30.1 Å². The monoisotopic (exact) mass is 203 g/mol. The molecule has 0 atom stereocenters. The van der Waals surface area contributed by atoms with E-state index in [0.29, 0.717) is 5.88 Å². The second-order valence-electron chi connectivity index (χ2n) is 2.26. The zero-order chi connectivity index (χ0) is 8.10. The summed E-state index contributed by atoms with van der Waals surface area (Å²) < 4.78 is 0. The molecule has 0 saturated carbocycles. The van der Waals surface area contributed by atoms with E-state index in [2.05, 4.69) is 4.98 Å². The number of aryl methyl sites for hydroxylation is 1. The molecule has 0 unspecified atom stereocenters. The number of pyridine rings is 1. The maximum Gasteiger partial charge on any atom is 0.0656 e. The summed E-state index contributed by atoms with van der Waals surface area (Å²) >= 11 is 5.49. The average Bonchev–Trinajstić information content (AvgIpc) is 2.03. The third-order valence-electron chi connectivity index (χ3n) is 1.41. The first-order valence-corrected chi connectivity index (χ1v) is 4.02. The van der Waals surface area contributed by atoms with E-state index in [4.69, 9.17) is 11.6 Å². The van der Waals surface area contributed by atoms with Gasteiger partial charge in [0.1, 0.15) is 0 Å². The molecule has 0 fully saturated rings. The molecular weight excluding hydrogens is 193 g/mol. The predicted octanol–water partition coefficient (Wildman–Crippen LogP) is 3.06.